The first-order chi connectivity index (χ1) is 9.00. The van der Waals surface area contributed by atoms with Gasteiger partial charge < -0.3 is 15.2 Å². The molecule has 1 aliphatic carbocycles. The van der Waals surface area contributed by atoms with Crippen LogP contribution in [-0.4, -0.2) is 47.7 Å². The van der Waals surface area contributed by atoms with Crippen molar-refractivity contribution in [3.8, 4) is 0 Å². The molecule has 0 aromatic heterocycles. The minimum absolute atomic E-state index is 0.196. The molecule has 1 fully saturated rings. The Hall–Kier alpha value is -0.750. The largest absolute Gasteiger partial charge is 0.480 e. The molecule has 0 aromatic carbocycles. The first kappa shape index (κ1) is 16.3. The molecule has 1 amide bonds. The quantitative estimate of drug-likeness (QED) is 0.695. The Bertz CT molecular complexity index is 314. The van der Waals surface area contributed by atoms with Gasteiger partial charge in [-0.05, 0) is 31.6 Å². The molecule has 1 saturated carbocycles. The van der Waals surface area contributed by atoms with Crippen molar-refractivity contribution in [1.82, 2.24) is 5.32 Å². The van der Waals surface area contributed by atoms with E-state index in [2.05, 4.69) is 12.2 Å². The molecule has 110 valence electrons. The van der Waals surface area contributed by atoms with Crippen LogP contribution >= 0.6 is 11.8 Å². The van der Waals surface area contributed by atoms with Gasteiger partial charge in [-0.1, -0.05) is 6.92 Å². The standard InChI is InChI=1S/C13H23NO4S/c1-10-3-5-13(6-4-10,12(16)17)14-11(15)9-19-8-7-18-2/h10H,3-9H2,1-2H3,(H,14,15)(H,16,17). The monoisotopic (exact) mass is 289 g/mol. The van der Waals surface area contributed by atoms with Gasteiger partial charge in [-0.3, -0.25) is 4.79 Å². The second-order valence-corrected chi connectivity index (χ2v) is 6.27. The molecule has 0 saturated heterocycles. The number of aliphatic carboxylic acids is 1. The summed E-state index contributed by atoms with van der Waals surface area (Å²) in [6.07, 6.45) is 2.75. The van der Waals surface area contributed by atoms with Crippen LogP contribution in [0.15, 0.2) is 0 Å². The molecular formula is C13H23NO4S. The van der Waals surface area contributed by atoms with E-state index in [1.165, 1.54) is 11.8 Å². The lowest BCUT2D eigenvalue weighted by molar-refractivity contribution is -0.149. The summed E-state index contributed by atoms with van der Waals surface area (Å²) in [5, 5.41) is 12.1. The van der Waals surface area contributed by atoms with E-state index >= 15 is 0 Å². The number of carbonyl (C=O) groups excluding carboxylic acids is 1. The van der Waals surface area contributed by atoms with Crippen molar-refractivity contribution >= 4 is 23.6 Å². The Morgan fingerprint density at radius 1 is 1.42 bits per heavy atom. The lowest BCUT2D eigenvalue weighted by atomic mass is 9.77. The zero-order valence-corrected chi connectivity index (χ0v) is 12.4. The summed E-state index contributed by atoms with van der Waals surface area (Å²) >= 11 is 1.46. The second kappa shape index (κ2) is 7.75. The Labute approximate surface area is 118 Å². The summed E-state index contributed by atoms with van der Waals surface area (Å²) in [5.74, 6) is 0.461. The molecule has 0 spiro atoms. The van der Waals surface area contributed by atoms with Crippen molar-refractivity contribution in [3.05, 3.63) is 0 Å². The molecule has 0 unspecified atom stereocenters. The highest BCUT2D eigenvalue weighted by Gasteiger charge is 2.42. The molecule has 1 aliphatic rings. The minimum atomic E-state index is -1.05. The fourth-order valence-corrected chi connectivity index (χ4v) is 2.94. The highest BCUT2D eigenvalue weighted by molar-refractivity contribution is 7.99. The number of carboxylic acid groups (broad SMARTS) is 1. The van der Waals surface area contributed by atoms with Crippen molar-refractivity contribution in [1.29, 1.82) is 0 Å². The number of thioether (sulfide) groups is 1. The van der Waals surface area contributed by atoms with Gasteiger partial charge in [0.2, 0.25) is 5.91 Å². The summed E-state index contributed by atoms with van der Waals surface area (Å²) in [7, 11) is 1.61. The zero-order valence-electron chi connectivity index (χ0n) is 11.6. The van der Waals surface area contributed by atoms with E-state index in [9.17, 15) is 14.7 Å². The molecule has 0 radical (unpaired) electrons. The molecule has 0 atom stereocenters. The van der Waals surface area contributed by atoms with Gasteiger partial charge in [-0.25, -0.2) is 4.79 Å². The molecule has 6 heteroatoms. The Morgan fingerprint density at radius 2 is 2.05 bits per heavy atom. The third kappa shape index (κ3) is 5.03. The minimum Gasteiger partial charge on any atom is -0.480 e. The molecule has 0 aliphatic heterocycles. The maximum atomic E-state index is 11.8. The van der Waals surface area contributed by atoms with E-state index in [0.717, 1.165) is 18.6 Å². The predicted molar refractivity (Wildman–Crippen MR) is 75.3 cm³/mol. The normalized spacial score (nSPS) is 26.9. The first-order valence-corrected chi connectivity index (χ1v) is 7.77. The predicted octanol–water partition coefficient (Wildman–Crippen LogP) is 1.52. The Kier molecular flexibility index (Phi) is 6.65. The summed E-state index contributed by atoms with van der Waals surface area (Å²) in [6.45, 7) is 2.72. The summed E-state index contributed by atoms with van der Waals surface area (Å²) < 4.78 is 4.90. The molecule has 19 heavy (non-hydrogen) atoms. The lowest BCUT2D eigenvalue weighted by Crippen LogP contribution is -2.56. The van der Waals surface area contributed by atoms with Gasteiger partial charge in [0.25, 0.3) is 0 Å². The maximum Gasteiger partial charge on any atom is 0.329 e. The van der Waals surface area contributed by atoms with Gasteiger partial charge in [-0.2, -0.15) is 0 Å². The van der Waals surface area contributed by atoms with E-state index in [4.69, 9.17) is 4.74 Å². The van der Waals surface area contributed by atoms with Crippen LogP contribution in [0.25, 0.3) is 0 Å². The fraction of sp³-hybridized carbons (Fsp3) is 0.846. The molecule has 0 bridgehead atoms. The number of hydrogen-bond acceptors (Lipinski definition) is 4. The third-order valence-electron chi connectivity index (χ3n) is 3.58. The number of rotatable bonds is 7. The van der Waals surface area contributed by atoms with E-state index < -0.39 is 11.5 Å². The van der Waals surface area contributed by atoms with Crippen molar-refractivity contribution in [2.24, 2.45) is 5.92 Å². The van der Waals surface area contributed by atoms with Crippen LogP contribution in [0.5, 0.6) is 0 Å². The summed E-state index contributed by atoms with van der Waals surface area (Å²) in [5.41, 5.74) is -1.05. The van der Waals surface area contributed by atoms with Crippen molar-refractivity contribution in [2.75, 3.05) is 25.2 Å². The number of hydrogen-bond donors (Lipinski definition) is 2. The first-order valence-electron chi connectivity index (χ1n) is 6.61. The van der Waals surface area contributed by atoms with Crippen LogP contribution in [-0.2, 0) is 14.3 Å². The van der Waals surface area contributed by atoms with Crippen molar-refractivity contribution in [2.45, 2.75) is 38.1 Å². The summed E-state index contributed by atoms with van der Waals surface area (Å²) in [6, 6.07) is 0. The van der Waals surface area contributed by atoms with Crippen LogP contribution < -0.4 is 5.32 Å². The molecule has 0 aromatic rings. The number of ether oxygens (including phenoxy) is 1. The number of carbonyl (C=O) groups is 2. The van der Waals surface area contributed by atoms with Gasteiger partial charge in [0, 0.05) is 12.9 Å². The highest BCUT2D eigenvalue weighted by Crippen LogP contribution is 2.32. The van der Waals surface area contributed by atoms with Crippen molar-refractivity contribution in [3.63, 3.8) is 0 Å². The number of amides is 1. The smallest absolute Gasteiger partial charge is 0.329 e. The molecule has 5 nitrogen and oxygen atoms in total. The van der Waals surface area contributed by atoms with Crippen LogP contribution in [0.1, 0.15) is 32.6 Å². The molecule has 1 rings (SSSR count). The Balaban J connectivity index is 2.45. The van der Waals surface area contributed by atoms with E-state index in [1.807, 2.05) is 0 Å². The van der Waals surface area contributed by atoms with E-state index in [-0.39, 0.29) is 11.7 Å². The van der Waals surface area contributed by atoms with E-state index in [1.54, 1.807) is 7.11 Å². The van der Waals surface area contributed by atoms with Crippen molar-refractivity contribution < 1.29 is 19.4 Å². The van der Waals surface area contributed by atoms with Gasteiger partial charge >= 0.3 is 5.97 Å². The molecular weight excluding hydrogens is 266 g/mol. The van der Waals surface area contributed by atoms with Crippen LogP contribution in [0.2, 0.25) is 0 Å². The number of nitrogens with one attached hydrogen (secondary N) is 1. The Morgan fingerprint density at radius 3 is 2.58 bits per heavy atom. The second-order valence-electron chi connectivity index (χ2n) is 5.16. The average molecular weight is 289 g/mol. The fourth-order valence-electron chi connectivity index (χ4n) is 2.26. The molecule has 2 N–H and O–H groups in total. The van der Waals surface area contributed by atoms with Gasteiger partial charge in [0.05, 0.1) is 12.4 Å². The zero-order chi connectivity index (χ0) is 14.3. The van der Waals surface area contributed by atoms with Crippen LogP contribution in [0.4, 0.5) is 0 Å². The van der Waals surface area contributed by atoms with Gasteiger partial charge in [0.1, 0.15) is 5.54 Å². The van der Waals surface area contributed by atoms with Gasteiger partial charge in [0.15, 0.2) is 0 Å². The third-order valence-corrected chi connectivity index (χ3v) is 4.50. The van der Waals surface area contributed by atoms with Gasteiger partial charge in [-0.15, -0.1) is 11.8 Å². The number of carboxylic acids is 1. The molecule has 0 heterocycles. The number of methoxy groups -OCH3 is 1. The lowest BCUT2D eigenvalue weighted by Gasteiger charge is -2.36. The van der Waals surface area contributed by atoms with Crippen LogP contribution in [0.3, 0.4) is 0 Å². The van der Waals surface area contributed by atoms with Crippen LogP contribution in [0, 0.1) is 5.92 Å². The topological polar surface area (TPSA) is 75.6 Å². The van der Waals surface area contributed by atoms with E-state index in [0.29, 0.717) is 25.4 Å². The average Bonchev–Trinajstić information content (AvgIpc) is 2.37. The summed E-state index contributed by atoms with van der Waals surface area (Å²) in [4.78, 5) is 23.3. The highest BCUT2D eigenvalue weighted by atomic mass is 32.2. The maximum absolute atomic E-state index is 11.8. The SMILES string of the molecule is COCCSCC(=O)NC1(C(=O)O)CCC(C)CC1.